The Hall–Kier alpha value is -1.40. The van der Waals surface area contributed by atoms with Crippen LogP contribution in [0.2, 0.25) is 0 Å². The molecular formula is C18H27N3O2S. The topological polar surface area (TPSA) is 52.7 Å². The van der Waals surface area contributed by atoms with E-state index in [1.54, 1.807) is 4.90 Å². The number of hydrogen-bond acceptors (Lipinski definition) is 4. The normalized spacial score (nSPS) is 25.2. The Morgan fingerprint density at radius 3 is 3.00 bits per heavy atom. The molecule has 0 aliphatic carbocycles. The third-order valence-electron chi connectivity index (χ3n) is 5.09. The first-order valence-corrected chi connectivity index (χ1v) is 9.84. The predicted octanol–water partition coefficient (Wildman–Crippen LogP) is 1.94. The van der Waals surface area contributed by atoms with Crippen molar-refractivity contribution < 1.29 is 9.59 Å². The van der Waals surface area contributed by atoms with Crippen molar-refractivity contribution >= 4 is 23.2 Å². The van der Waals surface area contributed by atoms with Crippen LogP contribution in [-0.4, -0.2) is 54.3 Å². The van der Waals surface area contributed by atoms with Gasteiger partial charge in [-0.05, 0) is 43.7 Å². The molecule has 3 rings (SSSR count). The fraction of sp³-hybridized carbons (Fsp3) is 0.667. The number of likely N-dealkylation sites (tertiary alicyclic amines) is 2. The van der Waals surface area contributed by atoms with E-state index in [2.05, 4.69) is 27.7 Å². The van der Waals surface area contributed by atoms with Crippen LogP contribution in [0.3, 0.4) is 0 Å². The molecule has 0 unspecified atom stereocenters. The van der Waals surface area contributed by atoms with E-state index >= 15 is 0 Å². The third kappa shape index (κ3) is 4.36. The van der Waals surface area contributed by atoms with E-state index in [4.69, 9.17) is 0 Å². The summed E-state index contributed by atoms with van der Waals surface area (Å²) in [6.07, 6.45) is 2.73. The number of nitrogens with one attached hydrogen (secondary N) is 1. The van der Waals surface area contributed by atoms with Gasteiger partial charge in [0, 0.05) is 44.0 Å². The summed E-state index contributed by atoms with van der Waals surface area (Å²) in [4.78, 5) is 29.8. The fourth-order valence-electron chi connectivity index (χ4n) is 3.73. The Bertz CT molecular complexity index is 561. The summed E-state index contributed by atoms with van der Waals surface area (Å²) >= 11 is 1.81. The highest BCUT2D eigenvalue weighted by Gasteiger charge is 2.33. The molecule has 2 amide bonds. The lowest BCUT2D eigenvalue weighted by molar-refractivity contribution is -0.128. The standard InChI is InChI=1S/C18H27N3O2S/c1-2-21-12-15(9-17(21)22)18(23)19-10-14-5-3-7-20(11-14)13-16-6-4-8-24-16/h4,6,8,14-15H,2-3,5,7,9-13H2,1H3,(H,19,23)/t14-,15-/m1/s1. The van der Waals surface area contributed by atoms with Gasteiger partial charge in [0.1, 0.15) is 0 Å². The SMILES string of the molecule is CCN1C[C@H](C(=O)NC[C@H]2CCCN(Cc3cccs3)C2)CC1=O. The molecule has 0 bridgehead atoms. The molecule has 0 spiro atoms. The van der Waals surface area contributed by atoms with Gasteiger partial charge in [0.15, 0.2) is 0 Å². The van der Waals surface area contributed by atoms with Gasteiger partial charge in [0.2, 0.25) is 11.8 Å². The van der Waals surface area contributed by atoms with E-state index < -0.39 is 0 Å². The van der Waals surface area contributed by atoms with Crippen molar-refractivity contribution in [2.24, 2.45) is 11.8 Å². The molecule has 24 heavy (non-hydrogen) atoms. The molecule has 2 atom stereocenters. The molecule has 2 fully saturated rings. The van der Waals surface area contributed by atoms with Crippen molar-refractivity contribution in [2.45, 2.75) is 32.7 Å². The highest BCUT2D eigenvalue weighted by molar-refractivity contribution is 7.09. The lowest BCUT2D eigenvalue weighted by atomic mass is 9.97. The van der Waals surface area contributed by atoms with Crippen LogP contribution < -0.4 is 5.32 Å². The van der Waals surface area contributed by atoms with Gasteiger partial charge in [-0.1, -0.05) is 6.07 Å². The lowest BCUT2D eigenvalue weighted by Gasteiger charge is -2.32. The molecule has 1 aromatic heterocycles. The van der Waals surface area contributed by atoms with E-state index in [0.717, 1.165) is 26.2 Å². The Balaban J connectivity index is 1.42. The summed E-state index contributed by atoms with van der Waals surface area (Å²) < 4.78 is 0. The summed E-state index contributed by atoms with van der Waals surface area (Å²) in [5.41, 5.74) is 0. The summed E-state index contributed by atoms with van der Waals surface area (Å²) in [7, 11) is 0. The highest BCUT2D eigenvalue weighted by atomic mass is 32.1. The molecule has 3 heterocycles. The van der Waals surface area contributed by atoms with Gasteiger partial charge in [-0.2, -0.15) is 0 Å². The second-order valence-corrected chi connectivity index (χ2v) is 7.93. The second kappa shape index (κ2) is 8.12. The maximum atomic E-state index is 12.3. The Labute approximate surface area is 148 Å². The third-order valence-corrected chi connectivity index (χ3v) is 5.96. The van der Waals surface area contributed by atoms with Gasteiger partial charge in [-0.3, -0.25) is 14.5 Å². The first kappa shape index (κ1) is 17.4. The molecule has 1 N–H and O–H groups in total. The number of rotatable bonds is 6. The molecule has 0 saturated carbocycles. The lowest BCUT2D eigenvalue weighted by Crippen LogP contribution is -2.42. The van der Waals surface area contributed by atoms with Crippen LogP contribution >= 0.6 is 11.3 Å². The van der Waals surface area contributed by atoms with E-state index in [0.29, 0.717) is 25.4 Å². The average molecular weight is 350 g/mol. The summed E-state index contributed by atoms with van der Waals surface area (Å²) in [6.45, 7) is 7.18. The molecule has 0 aromatic carbocycles. The van der Waals surface area contributed by atoms with E-state index in [1.165, 1.54) is 17.7 Å². The number of carbonyl (C=O) groups is 2. The summed E-state index contributed by atoms with van der Waals surface area (Å²) in [6, 6.07) is 4.29. The fourth-order valence-corrected chi connectivity index (χ4v) is 4.47. The average Bonchev–Trinajstić information content (AvgIpc) is 3.22. The van der Waals surface area contributed by atoms with Gasteiger partial charge in [0.25, 0.3) is 0 Å². The monoisotopic (exact) mass is 349 g/mol. The van der Waals surface area contributed by atoms with Crippen LogP contribution in [0.15, 0.2) is 17.5 Å². The summed E-state index contributed by atoms with van der Waals surface area (Å²) in [5, 5.41) is 5.22. The zero-order valence-corrected chi connectivity index (χ0v) is 15.2. The molecule has 6 heteroatoms. The Morgan fingerprint density at radius 1 is 1.42 bits per heavy atom. The number of amides is 2. The van der Waals surface area contributed by atoms with Crippen LogP contribution in [0.25, 0.3) is 0 Å². The molecule has 0 radical (unpaired) electrons. The van der Waals surface area contributed by atoms with Crippen molar-refractivity contribution in [2.75, 3.05) is 32.7 Å². The predicted molar refractivity (Wildman–Crippen MR) is 95.7 cm³/mol. The molecule has 132 valence electrons. The zero-order chi connectivity index (χ0) is 16.9. The largest absolute Gasteiger partial charge is 0.355 e. The van der Waals surface area contributed by atoms with Crippen molar-refractivity contribution in [3.63, 3.8) is 0 Å². The van der Waals surface area contributed by atoms with Crippen molar-refractivity contribution in [1.29, 1.82) is 0 Å². The Morgan fingerprint density at radius 2 is 2.29 bits per heavy atom. The zero-order valence-electron chi connectivity index (χ0n) is 14.4. The van der Waals surface area contributed by atoms with Crippen LogP contribution in [0, 0.1) is 11.8 Å². The highest BCUT2D eigenvalue weighted by Crippen LogP contribution is 2.21. The van der Waals surface area contributed by atoms with Crippen molar-refractivity contribution in [3.05, 3.63) is 22.4 Å². The van der Waals surface area contributed by atoms with Crippen LogP contribution in [-0.2, 0) is 16.1 Å². The van der Waals surface area contributed by atoms with Gasteiger partial charge in [0.05, 0.1) is 5.92 Å². The molecule has 2 saturated heterocycles. The van der Waals surface area contributed by atoms with E-state index in [9.17, 15) is 9.59 Å². The number of hydrogen-bond donors (Lipinski definition) is 1. The van der Waals surface area contributed by atoms with Crippen LogP contribution in [0.1, 0.15) is 31.1 Å². The van der Waals surface area contributed by atoms with E-state index in [-0.39, 0.29) is 17.7 Å². The second-order valence-electron chi connectivity index (χ2n) is 6.90. The van der Waals surface area contributed by atoms with Gasteiger partial charge >= 0.3 is 0 Å². The minimum atomic E-state index is -0.164. The first-order valence-electron chi connectivity index (χ1n) is 8.96. The quantitative estimate of drug-likeness (QED) is 0.854. The van der Waals surface area contributed by atoms with Crippen molar-refractivity contribution in [3.8, 4) is 0 Å². The minimum Gasteiger partial charge on any atom is -0.355 e. The van der Waals surface area contributed by atoms with Gasteiger partial charge in [-0.25, -0.2) is 0 Å². The maximum absolute atomic E-state index is 12.3. The minimum absolute atomic E-state index is 0.0506. The maximum Gasteiger partial charge on any atom is 0.225 e. The number of piperidine rings is 1. The van der Waals surface area contributed by atoms with E-state index in [1.807, 2.05) is 18.3 Å². The first-order chi connectivity index (χ1) is 11.7. The number of carbonyl (C=O) groups excluding carboxylic acids is 2. The molecule has 1 aromatic rings. The Kier molecular flexibility index (Phi) is 5.89. The molecule has 2 aliphatic heterocycles. The number of thiophene rings is 1. The molecule has 5 nitrogen and oxygen atoms in total. The summed E-state index contributed by atoms with van der Waals surface area (Å²) in [5.74, 6) is 0.512. The molecule has 2 aliphatic rings. The van der Waals surface area contributed by atoms with Crippen LogP contribution in [0.5, 0.6) is 0 Å². The van der Waals surface area contributed by atoms with Gasteiger partial charge < -0.3 is 10.2 Å². The van der Waals surface area contributed by atoms with Crippen LogP contribution in [0.4, 0.5) is 0 Å². The van der Waals surface area contributed by atoms with Gasteiger partial charge in [-0.15, -0.1) is 11.3 Å². The molecular weight excluding hydrogens is 322 g/mol. The smallest absolute Gasteiger partial charge is 0.225 e. The number of nitrogens with zero attached hydrogens (tertiary/aromatic N) is 2. The van der Waals surface area contributed by atoms with Crippen molar-refractivity contribution in [1.82, 2.24) is 15.1 Å².